The second-order valence-electron chi connectivity index (χ2n) is 5.67. The van der Waals surface area contributed by atoms with Crippen LogP contribution in [0, 0.1) is 0 Å². The Bertz CT molecular complexity index is 431. The monoisotopic (exact) mass is 346 g/mol. The number of hydrogen-bond acceptors (Lipinski definition) is 7. The summed E-state index contributed by atoms with van der Waals surface area (Å²) in [5, 5.41) is 35.1. The lowest BCUT2D eigenvalue weighted by Crippen LogP contribution is -2.64. The average Bonchev–Trinajstić information content (AvgIpc) is 2.55. The average molecular weight is 346 g/mol. The summed E-state index contributed by atoms with van der Waals surface area (Å²) in [7, 11) is 0. The summed E-state index contributed by atoms with van der Waals surface area (Å²) in [5.74, 6) is -0.385. The smallest absolute Gasteiger partial charge is 0.217 e. The molecule has 0 aromatic heterocycles. The van der Waals surface area contributed by atoms with Crippen molar-refractivity contribution in [2.24, 2.45) is 5.11 Å². The molecule has 1 amide bonds. The molecule has 0 bridgehead atoms. The predicted molar refractivity (Wildman–Crippen MR) is 83.8 cm³/mol. The van der Waals surface area contributed by atoms with E-state index >= 15 is 0 Å². The Labute approximate surface area is 140 Å². The van der Waals surface area contributed by atoms with E-state index in [4.69, 9.17) is 15.0 Å². The fourth-order valence-electron chi connectivity index (χ4n) is 2.50. The van der Waals surface area contributed by atoms with Crippen molar-refractivity contribution in [3.63, 3.8) is 0 Å². The van der Waals surface area contributed by atoms with Crippen LogP contribution in [0.25, 0.3) is 10.4 Å². The van der Waals surface area contributed by atoms with Gasteiger partial charge in [0, 0.05) is 25.0 Å². The molecule has 138 valence electrons. The summed E-state index contributed by atoms with van der Waals surface area (Å²) >= 11 is 0. The largest absolute Gasteiger partial charge is 0.394 e. The molecule has 1 heterocycles. The van der Waals surface area contributed by atoms with Crippen LogP contribution < -0.4 is 5.32 Å². The van der Waals surface area contributed by atoms with E-state index in [-0.39, 0.29) is 5.91 Å². The summed E-state index contributed by atoms with van der Waals surface area (Å²) in [4.78, 5) is 13.9. The molecular formula is C14H26N4O6. The van der Waals surface area contributed by atoms with Crippen LogP contribution in [0.5, 0.6) is 0 Å². The molecule has 24 heavy (non-hydrogen) atoms. The summed E-state index contributed by atoms with van der Waals surface area (Å²) in [6, 6.07) is -0.912. The maximum absolute atomic E-state index is 11.3. The molecule has 5 unspecified atom stereocenters. The number of unbranched alkanes of at least 4 members (excludes halogenated alkanes) is 3. The third kappa shape index (κ3) is 6.60. The number of nitrogens with one attached hydrogen (secondary N) is 1. The Kier molecular flexibility index (Phi) is 9.62. The number of rotatable bonds is 10. The molecule has 1 saturated heterocycles. The Morgan fingerprint density at radius 1 is 1.29 bits per heavy atom. The highest BCUT2D eigenvalue weighted by Crippen LogP contribution is 2.22. The zero-order chi connectivity index (χ0) is 17.9. The minimum atomic E-state index is -1.31. The van der Waals surface area contributed by atoms with Gasteiger partial charge in [-0.1, -0.05) is 18.0 Å². The Hall–Kier alpha value is -1.42. The molecular weight excluding hydrogens is 320 g/mol. The molecule has 5 atom stereocenters. The van der Waals surface area contributed by atoms with E-state index in [1.54, 1.807) is 0 Å². The molecule has 0 aliphatic carbocycles. The summed E-state index contributed by atoms with van der Waals surface area (Å²) in [5.41, 5.74) is 8.16. The van der Waals surface area contributed by atoms with Crippen molar-refractivity contribution >= 4 is 5.91 Å². The van der Waals surface area contributed by atoms with Crippen molar-refractivity contribution in [1.29, 1.82) is 0 Å². The van der Waals surface area contributed by atoms with Crippen LogP contribution in [0.1, 0.15) is 32.6 Å². The van der Waals surface area contributed by atoms with E-state index in [2.05, 4.69) is 15.3 Å². The highest BCUT2D eigenvalue weighted by Gasteiger charge is 2.45. The molecule has 0 spiro atoms. The van der Waals surface area contributed by atoms with Crippen molar-refractivity contribution in [2.75, 3.05) is 19.8 Å². The first-order valence-corrected chi connectivity index (χ1v) is 8.03. The van der Waals surface area contributed by atoms with Gasteiger partial charge in [0.2, 0.25) is 5.91 Å². The second-order valence-corrected chi connectivity index (χ2v) is 5.67. The summed E-state index contributed by atoms with van der Waals surface area (Å²) < 4.78 is 11.0. The van der Waals surface area contributed by atoms with E-state index in [1.807, 2.05) is 0 Å². The van der Waals surface area contributed by atoms with Gasteiger partial charge in [-0.2, -0.15) is 0 Å². The van der Waals surface area contributed by atoms with Crippen LogP contribution in [-0.2, 0) is 14.3 Å². The molecule has 1 aliphatic heterocycles. The van der Waals surface area contributed by atoms with Crippen LogP contribution >= 0.6 is 0 Å². The Morgan fingerprint density at radius 3 is 2.62 bits per heavy atom. The number of amides is 1. The number of azide groups is 1. The fourth-order valence-corrected chi connectivity index (χ4v) is 2.50. The molecule has 1 rings (SSSR count). The van der Waals surface area contributed by atoms with Gasteiger partial charge >= 0.3 is 0 Å². The van der Waals surface area contributed by atoms with E-state index in [9.17, 15) is 20.1 Å². The SMILES string of the molecule is CC(=O)NC1C(OCCCCCCN=[N+]=[N-])OC(CO)C(O)C1O. The van der Waals surface area contributed by atoms with Crippen molar-refractivity contribution in [2.45, 2.75) is 63.3 Å². The highest BCUT2D eigenvalue weighted by molar-refractivity contribution is 5.73. The fraction of sp³-hybridized carbons (Fsp3) is 0.929. The molecule has 0 aromatic carbocycles. The lowest BCUT2D eigenvalue weighted by Gasteiger charge is -2.42. The lowest BCUT2D eigenvalue weighted by molar-refractivity contribution is -0.270. The maximum atomic E-state index is 11.3. The van der Waals surface area contributed by atoms with Gasteiger partial charge in [-0.3, -0.25) is 4.79 Å². The normalized spacial score (nSPS) is 29.8. The van der Waals surface area contributed by atoms with Crippen LogP contribution in [0.15, 0.2) is 5.11 Å². The molecule has 10 heteroatoms. The predicted octanol–water partition coefficient (Wildman–Crippen LogP) is -0.183. The first kappa shape index (κ1) is 20.6. The molecule has 1 aliphatic rings. The zero-order valence-corrected chi connectivity index (χ0v) is 13.7. The minimum Gasteiger partial charge on any atom is -0.394 e. The number of carbonyl (C=O) groups excluding carboxylic acids is 1. The number of nitrogens with zero attached hydrogens (tertiary/aromatic N) is 3. The first-order chi connectivity index (χ1) is 11.5. The number of aliphatic hydroxyl groups excluding tert-OH is 3. The molecule has 10 nitrogen and oxygen atoms in total. The summed E-state index contributed by atoms with van der Waals surface area (Å²) in [6.45, 7) is 1.63. The van der Waals surface area contributed by atoms with E-state index < -0.39 is 37.3 Å². The van der Waals surface area contributed by atoms with Crippen LogP contribution in [0.4, 0.5) is 0 Å². The van der Waals surface area contributed by atoms with Gasteiger partial charge in [0.15, 0.2) is 6.29 Å². The van der Waals surface area contributed by atoms with Crippen LogP contribution in [0.2, 0.25) is 0 Å². The summed E-state index contributed by atoms with van der Waals surface area (Å²) in [6.07, 6.45) is -1.24. The van der Waals surface area contributed by atoms with Crippen LogP contribution in [0.3, 0.4) is 0 Å². The molecule has 0 aromatic rings. The number of hydrogen-bond donors (Lipinski definition) is 4. The maximum Gasteiger partial charge on any atom is 0.217 e. The van der Waals surface area contributed by atoms with Gasteiger partial charge in [0.1, 0.15) is 24.4 Å². The topological polar surface area (TPSA) is 157 Å². The lowest BCUT2D eigenvalue weighted by atomic mass is 9.97. The van der Waals surface area contributed by atoms with Crippen molar-refractivity contribution in [1.82, 2.24) is 5.32 Å². The van der Waals surface area contributed by atoms with E-state index in [0.717, 1.165) is 25.7 Å². The van der Waals surface area contributed by atoms with Gasteiger partial charge in [0.25, 0.3) is 0 Å². The van der Waals surface area contributed by atoms with Crippen molar-refractivity contribution in [3.8, 4) is 0 Å². The van der Waals surface area contributed by atoms with Gasteiger partial charge in [-0.25, -0.2) is 0 Å². The second kappa shape index (κ2) is 11.2. The van der Waals surface area contributed by atoms with E-state index in [0.29, 0.717) is 13.2 Å². The zero-order valence-electron chi connectivity index (χ0n) is 13.7. The Morgan fingerprint density at radius 2 is 2.00 bits per heavy atom. The van der Waals surface area contributed by atoms with Gasteiger partial charge in [-0.15, -0.1) is 0 Å². The Balaban J connectivity index is 2.43. The van der Waals surface area contributed by atoms with Gasteiger partial charge in [-0.05, 0) is 18.4 Å². The number of aliphatic hydroxyl groups is 3. The highest BCUT2D eigenvalue weighted by atomic mass is 16.7. The third-order valence-corrected chi connectivity index (χ3v) is 3.75. The molecule has 0 radical (unpaired) electrons. The third-order valence-electron chi connectivity index (χ3n) is 3.75. The van der Waals surface area contributed by atoms with Crippen LogP contribution in [-0.4, -0.2) is 71.6 Å². The quantitative estimate of drug-likeness (QED) is 0.186. The number of ether oxygens (including phenoxy) is 2. The minimum absolute atomic E-state index is 0.337. The molecule has 0 saturated carbocycles. The first-order valence-electron chi connectivity index (χ1n) is 8.03. The van der Waals surface area contributed by atoms with Gasteiger partial charge < -0.3 is 30.1 Å². The van der Waals surface area contributed by atoms with Gasteiger partial charge in [0.05, 0.1) is 6.61 Å². The number of carbonyl (C=O) groups is 1. The van der Waals surface area contributed by atoms with Crippen molar-refractivity contribution in [3.05, 3.63) is 10.4 Å². The molecule has 1 fully saturated rings. The van der Waals surface area contributed by atoms with E-state index in [1.165, 1.54) is 6.92 Å². The standard InChI is InChI=1S/C14H26N4O6/c1-9(20)17-11-13(22)12(21)10(8-19)24-14(11)23-7-5-3-2-4-6-16-18-15/h10-14,19,21-22H,2-8H2,1H3,(H,17,20). The van der Waals surface area contributed by atoms with Crippen molar-refractivity contribution < 1.29 is 29.6 Å². The molecule has 4 N–H and O–H groups in total.